The molecule has 6 nitrogen and oxygen atoms in total. The molecule has 142 valence electrons. The van der Waals surface area contributed by atoms with Crippen molar-refractivity contribution in [1.82, 2.24) is 19.8 Å². The Balaban J connectivity index is 0.00000243. The van der Waals surface area contributed by atoms with E-state index < -0.39 is 0 Å². The van der Waals surface area contributed by atoms with Crippen molar-refractivity contribution in [2.45, 2.75) is 19.5 Å². The summed E-state index contributed by atoms with van der Waals surface area (Å²) in [6.45, 7) is 4.31. The van der Waals surface area contributed by atoms with Gasteiger partial charge in [0, 0.05) is 58.6 Å². The predicted octanol–water partition coefficient (Wildman–Crippen LogP) is 2.59. The molecule has 7 heteroatoms. The van der Waals surface area contributed by atoms with Gasteiger partial charge in [0.2, 0.25) is 0 Å². The quantitative estimate of drug-likeness (QED) is 0.402. The van der Waals surface area contributed by atoms with Crippen LogP contribution in [0.15, 0.2) is 48.0 Å². The Morgan fingerprint density at radius 3 is 2.96 bits per heavy atom. The summed E-state index contributed by atoms with van der Waals surface area (Å²) in [7, 11) is 3.92. The number of nitrogens with one attached hydrogen (secondary N) is 1. The molecular formula is C19H28IN5O. The second-order valence-electron chi connectivity index (χ2n) is 6.57. The zero-order valence-electron chi connectivity index (χ0n) is 15.5. The Hall–Kier alpha value is -1.61. The van der Waals surface area contributed by atoms with E-state index in [0.717, 1.165) is 45.2 Å². The van der Waals surface area contributed by atoms with Gasteiger partial charge in [0.05, 0.1) is 12.9 Å². The lowest BCUT2D eigenvalue weighted by Crippen LogP contribution is -2.41. The van der Waals surface area contributed by atoms with Crippen LogP contribution < -0.4 is 5.32 Å². The minimum atomic E-state index is 0. The van der Waals surface area contributed by atoms with Gasteiger partial charge in [-0.3, -0.25) is 4.99 Å². The first-order valence-corrected chi connectivity index (χ1v) is 8.77. The molecule has 0 amide bonds. The van der Waals surface area contributed by atoms with E-state index in [1.165, 1.54) is 11.1 Å². The van der Waals surface area contributed by atoms with Crippen LogP contribution in [-0.4, -0.2) is 54.3 Å². The topological polar surface area (TPSA) is 54.7 Å². The number of guanidine groups is 1. The van der Waals surface area contributed by atoms with Crippen molar-refractivity contribution < 1.29 is 4.74 Å². The van der Waals surface area contributed by atoms with E-state index in [1.807, 2.05) is 19.6 Å². The number of nitrogens with zero attached hydrogens (tertiary/aromatic N) is 4. The maximum Gasteiger partial charge on any atom is 0.193 e. The highest BCUT2D eigenvalue weighted by molar-refractivity contribution is 14.0. The van der Waals surface area contributed by atoms with Crippen LogP contribution in [0, 0.1) is 5.92 Å². The van der Waals surface area contributed by atoms with Gasteiger partial charge < -0.3 is 19.5 Å². The van der Waals surface area contributed by atoms with Crippen LogP contribution >= 0.6 is 24.0 Å². The van der Waals surface area contributed by atoms with Crippen LogP contribution in [0.5, 0.6) is 0 Å². The number of rotatable bonds is 6. The van der Waals surface area contributed by atoms with Gasteiger partial charge in [0.15, 0.2) is 5.96 Å². The summed E-state index contributed by atoms with van der Waals surface area (Å²) in [6, 6.07) is 8.61. The molecule has 2 heterocycles. The minimum absolute atomic E-state index is 0. The highest BCUT2D eigenvalue weighted by atomic mass is 127. The lowest BCUT2D eigenvalue weighted by Gasteiger charge is -2.24. The first-order valence-electron chi connectivity index (χ1n) is 8.77. The SMILES string of the molecule is CN=C(NCc1cccc(Cn2ccnc2)c1)N(C)CC1CCOC1.I. The van der Waals surface area contributed by atoms with Crippen molar-refractivity contribution in [3.05, 3.63) is 54.1 Å². The third-order valence-electron chi connectivity index (χ3n) is 4.50. The molecule has 26 heavy (non-hydrogen) atoms. The molecule has 1 aliphatic heterocycles. The molecule has 1 aliphatic rings. The molecule has 1 fully saturated rings. The Morgan fingerprint density at radius 2 is 2.27 bits per heavy atom. The van der Waals surface area contributed by atoms with Crippen molar-refractivity contribution in [3.63, 3.8) is 0 Å². The average Bonchev–Trinajstić information content (AvgIpc) is 3.30. The van der Waals surface area contributed by atoms with Crippen molar-refractivity contribution in [2.24, 2.45) is 10.9 Å². The van der Waals surface area contributed by atoms with Gasteiger partial charge in [0.25, 0.3) is 0 Å². The molecular weight excluding hydrogens is 441 g/mol. The number of halogens is 1. The third-order valence-corrected chi connectivity index (χ3v) is 4.50. The monoisotopic (exact) mass is 469 g/mol. The molecule has 1 unspecified atom stereocenters. The van der Waals surface area contributed by atoms with Crippen LogP contribution in [0.1, 0.15) is 17.5 Å². The van der Waals surface area contributed by atoms with Crippen molar-refractivity contribution in [1.29, 1.82) is 0 Å². The largest absolute Gasteiger partial charge is 0.381 e. The van der Waals surface area contributed by atoms with Gasteiger partial charge >= 0.3 is 0 Å². The fourth-order valence-corrected chi connectivity index (χ4v) is 3.20. The van der Waals surface area contributed by atoms with Gasteiger partial charge in [-0.1, -0.05) is 24.3 Å². The minimum Gasteiger partial charge on any atom is -0.381 e. The smallest absolute Gasteiger partial charge is 0.193 e. The van der Waals surface area contributed by atoms with Crippen molar-refractivity contribution in [3.8, 4) is 0 Å². The van der Waals surface area contributed by atoms with E-state index in [-0.39, 0.29) is 24.0 Å². The second kappa shape index (κ2) is 10.5. The normalized spacial score (nSPS) is 17.0. The summed E-state index contributed by atoms with van der Waals surface area (Å²) in [5.41, 5.74) is 2.51. The summed E-state index contributed by atoms with van der Waals surface area (Å²) in [5.74, 6) is 1.52. The molecule has 1 saturated heterocycles. The van der Waals surface area contributed by atoms with Crippen molar-refractivity contribution >= 4 is 29.9 Å². The number of hydrogen-bond donors (Lipinski definition) is 1. The van der Waals surface area contributed by atoms with E-state index >= 15 is 0 Å². The molecule has 1 N–H and O–H groups in total. The Morgan fingerprint density at radius 1 is 1.42 bits per heavy atom. The van der Waals surface area contributed by atoms with E-state index in [2.05, 4.69) is 56.1 Å². The summed E-state index contributed by atoms with van der Waals surface area (Å²) in [5, 5.41) is 3.46. The maximum absolute atomic E-state index is 5.46. The number of aromatic nitrogens is 2. The Bertz CT molecular complexity index is 683. The fraction of sp³-hybridized carbons (Fsp3) is 0.474. The highest BCUT2D eigenvalue weighted by Gasteiger charge is 2.18. The summed E-state index contributed by atoms with van der Waals surface area (Å²) in [6.07, 6.45) is 6.77. The first kappa shape index (κ1) is 20.7. The van der Waals surface area contributed by atoms with E-state index in [1.54, 1.807) is 6.20 Å². The van der Waals surface area contributed by atoms with Crippen LogP contribution in [-0.2, 0) is 17.8 Å². The first-order chi connectivity index (χ1) is 12.2. The molecule has 0 bridgehead atoms. The molecule has 0 spiro atoms. The molecule has 1 atom stereocenters. The number of ether oxygens (including phenoxy) is 1. The molecule has 1 aromatic heterocycles. The van der Waals surface area contributed by atoms with E-state index in [0.29, 0.717) is 5.92 Å². The van der Waals surface area contributed by atoms with Crippen LogP contribution in [0.3, 0.4) is 0 Å². The Labute approximate surface area is 172 Å². The summed E-state index contributed by atoms with van der Waals surface area (Å²) in [4.78, 5) is 10.7. The standard InChI is InChI=1S/C19H27N5O.HI/c1-20-19(23(2)12-18-6-9-25-14-18)22-11-16-4-3-5-17(10-16)13-24-8-7-21-15-24;/h3-5,7-8,10,15,18H,6,9,11-14H2,1-2H3,(H,20,22);1H. The summed E-state index contributed by atoms with van der Waals surface area (Å²) < 4.78 is 7.54. The maximum atomic E-state index is 5.46. The van der Waals surface area contributed by atoms with Gasteiger partial charge in [-0.05, 0) is 17.5 Å². The van der Waals surface area contributed by atoms with Gasteiger partial charge in [0.1, 0.15) is 0 Å². The number of hydrogen-bond acceptors (Lipinski definition) is 3. The predicted molar refractivity (Wildman–Crippen MR) is 115 cm³/mol. The molecule has 3 rings (SSSR count). The third kappa shape index (κ3) is 5.98. The lowest BCUT2D eigenvalue weighted by atomic mass is 10.1. The van der Waals surface area contributed by atoms with E-state index in [9.17, 15) is 0 Å². The number of imidazole rings is 1. The van der Waals surface area contributed by atoms with Crippen molar-refractivity contribution in [2.75, 3.05) is 33.9 Å². The van der Waals surface area contributed by atoms with Gasteiger partial charge in [-0.15, -0.1) is 24.0 Å². The zero-order chi connectivity index (χ0) is 17.5. The molecule has 2 aromatic rings. The molecule has 0 aliphatic carbocycles. The molecule has 1 aromatic carbocycles. The zero-order valence-corrected chi connectivity index (χ0v) is 17.8. The lowest BCUT2D eigenvalue weighted by molar-refractivity contribution is 0.181. The average molecular weight is 469 g/mol. The van der Waals surface area contributed by atoms with Crippen LogP contribution in [0.25, 0.3) is 0 Å². The number of aliphatic imine (C=N–C) groups is 1. The van der Waals surface area contributed by atoms with Crippen LogP contribution in [0.2, 0.25) is 0 Å². The molecule has 0 saturated carbocycles. The van der Waals surface area contributed by atoms with Gasteiger partial charge in [-0.25, -0.2) is 4.98 Å². The molecule has 0 radical (unpaired) electrons. The van der Waals surface area contributed by atoms with E-state index in [4.69, 9.17) is 4.74 Å². The summed E-state index contributed by atoms with van der Waals surface area (Å²) >= 11 is 0. The Kier molecular flexibility index (Phi) is 8.37. The van der Waals surface area contributed by atoms with Crippen LogP contribution in [0.4, 0.5) is 0 Å². The number of benzene rings is 1. The highest BCUT2D eigenvalue weighted by Crippen LogP contribution is 2.13. The second-order valence-corrected chi connectivity index (χ2v) is 6.57. The fourth-order valence-electron chi connectivity index (χ4n) is 3.20. The van der Waals surface area contributed by atoms with Gasteiger partial charge in [-0.2, -0.15) is 0 Å².